The summed E-state index contributed by atoms with van der Waals surface area (Å²) in [6.45, 7) is 0.314. The standard InChI is InChI=1S/C13H15BrFN3O2/c14-8-1-4-10(11(15)7-8)13(19)18(9-2-3-9)6-5-12(16)17-20/h1,4,7,9,20H,2-3,5-6H2,(H2,16,17). The van der Waals surface area contributed by atoms with E-state index < -0.39 is 5.82 Å². The van der Waals surface area contributed by atoms with Crippen molar-refractivity contribution < 1.29 is 14.4 Å². The fourth-order valence-electron chi connectivity index (χ4n) is 1.94. The van der Waals surface area contributed by atoms with Crippen molar-refractivity contribution in [2.45, 2.75) is 25.3 Å². The first-order chi connectivity index (χ1) is 9.52. The molecule has 0 saturated heterocycles. The highest BCUT2D eigenvalue weighted by molar-refractivity contribution is 9.10. The molecule has 2 rings (SSSR count). The number of carbonyl (C=O) groups excluding carboxylic acids is 1. The van der Waals surface area contributed by atoms with Crippen molar-refractivity contribution >= 4 is 27.7 Å². The van der Waals surface area contributed by atoms with Gasteiger partial charge in [0.25, 0.3) is 5.91 Å². The van der Waals surface area contributed by atoms with Crippen LogP contribution in [0.4, 0.5) is 4.39 Å². The highest BCUT2D eigenvalue weighted by Gasteiger charge is 2.33. The largest absolute Gasteiger partial charge is 0.409 e. The normalized spacial score (nSPS) is 15.2. The fourth-order valence-corrected chi connectivity index (χ4v) is 2.27. The third-order valence-corrected chi connectivity index (χ3v) is 3.64. The molecule has 1 saturated carbocycles. The molecule has 0 heterocycles. The summed E-state index contributed by atoms with van der Waals surface area (Å²) in [5.41, 5.74) is 5.45. The van der Waals surface area contributed by atoms with Crippen molar-refractivity contribution in [3.63, 3.8) is 0 Å². The van der Waals surface area contributed by atoms with Gasteiger partial charge in [0.15, 0.2) is 0 Å². The van der Waals surface area contributed by atoms with Gasteiger partial charge in [-0.3, -0.25) is 4.79 Å². The summed E-state index contributed by atoms with van der Waals surface area (Å²) >= 11 is 3.16. The number of amidine groups is 1. The molecule has 0 spiro atoms. The Labute approximate surface area is 124 Å². The third kappa shape index (κ3) is 3.47. The van der Waals surface area contributed by atoms with Gasteiger partial charge in [0.05, 0.1) is 5.56 Å². The summed E-state index contributed by atoms with van der Waals surface area (Å²) in [6.07, 6.45) is 2.07. The van der Waals surface area contributed by atoms with E-state index in [1.807, 2.05) is 0 Å². The maximum absolute atomic E-state index is 13.8. The second kappa shape index (κ2) is 6.21. The molecule has 1 fully saturated rings. The van der Waals surface area contributed by atoms with Crippen LogP contribution in [0.1, 0.15) is 29.6 Å². The quantitative estimate of drug-likeness (QED) is 0.372. The van der Waals surface area contributed by atoms with E-state index >= 15 is 0 Å². The second-order valence-electron chi connectivity index (χ2n) is 4.70. The molecule has 108 valence electrons. The zero-order chi connectivity index (χ0) is 14.7. The minimum atomic E-state index is -0.557. The maximum Gasteiger partial charge on any atom is 0.257 e. The number of nitrogens with two attached hydrogens (primary N) is 1. The molecule has 1 aliphatic carbocycles. The van der Waals surface area contributed by atoms with Gasteiger partial charge in [-0.1, -0.05) is 21.1 Å². The molecule has 0 aliphatic heterocycles. The first-order valence-corrected chi connectivity index (χ1v) is 7.04. The van der Waals surface area contributed by atoms with Crippen LogP contribution in [0.5, 0.6) is 0 Å². The van der Waals surface area contributed by atoms with Crippen LogP contribution < -0.4 is 5.73 Å². The molecule has 0 radical (unpaired) electrons. The Balaban J connectivity index is 2.14. The lowest BCUT2D eigenvalue weighted by Crippen LogP contribution is -2.36. The minimum Gasteiger partial charge on any atom is -0.409 e. The molecule has 1 aliphatic rings. The van der Waals surface area contributed by atoms with Gasteiger partial charge in [-0.2, -0.15) is 0 Å². The van der Waals surface area contributed by atoms with Crippen LogP contribution >= 0.6 is 15.9 Å². The van der Waals surface area contributed by atoms with Crippen LogP contribution in [0.15, 0.2) is 27.8 Å². The molecule has 20 heavy (non-hydrogen) atoms. The minimum absolute atomic E-state index is 0.0413. The number of hydrogen-bond acceptors (Lipinski definition) is 3. The van der Waals surface area contributed by atoms with Gasteiger partial charge in [-0.05, 0) is 31.0 Å². The van der Waals surface area contributed by atoms with E-state index in [2.05, 4.69) is 21.1 Å². The zero-order valence-corrected chi connectivity index (χ0v) is 12.3. The van der Waals surface area contributed by atoms with Crippen molar-refractivity contribution in [3.8, 4) is 0 Å². The molecule has 1 amide bonds. The van der Waals surface area contributed by atoms with Crippen molar-refractivity contribution in [2.75, 3.05) is 6.54 Å². The molecule has 5 nitrogen and oxygen atoms in total. The Kier molecular flexibility index (Phi) is 4.59. The molecular formula is C13H15BrFN3O2. The average molecular weight is 344 g/mol. The van der Waals surface area contributed by atoms with E-state index in [1.54, 1.807) is 11.0 Å². The van der Waals surface area contributed by atoms with Crippen LogP contribution in [0.2, 0.25) is 0 Å². The maximum atomic E-state index is 13.8. The van der Waals surface area contributed by atoms with E-state index in [0.717, 1.165) is 12.8 Å². The number of halogens is 2. The summed E-state index contributed by atoms with van der Waals surface area (Å²) < 4.78 is 14.4. The Morgan fingerprint density at radius 2 is 2.25 bits per heavy atom. The molecular weight excluding hydrogens is 329 g/mol. The van der Waals surface area contributed by atoms with E-state index in [1.165, 1.54) is 12.1 Å². The van der Waals surface area contributed by atoms with Gasteiger partial charge in [0.1, 0.15) is 11.7 Å². The van der Waals surface area contributed by atoms with Gasteiger partial charge in [0.2, 0.25) is 0 Å². The summed E-state index contributed by atoms with van der Waals surface area (Å²) in [5, 5.41) is 11.4. The predicted molar refractivity (Wildman–Crippen MR) is 76.2 cm³/mol. The molecule has 7 heteroatoms. The number of rotatable bonds is 5. The van der Waals surface area contributed by atoms with E-state index in [9.17, 15) is 9.18 Å². The summed E-state index contributed by atoms with van der Waals surface area (Å²) in [7, 11) is 0. The summed E-state index contributed by atoms with van der Waals surface area (Å²) in [6, 6.07) is 4.48. The Morgan fingerprint density at radius 3 is 2.80 bits per heavy atom. The molecule has 3 N–H and O–H groups in total. The highest BCUT2D eigenvalue weighted by atomic mass is 79.9. The lowest BCUT2D eigenvalue weighted by molar-refractivity contribution is 0.0742. The average Bonchev–Trinajstić information content (AvgIpc) is 3.23. The van der Waals surface area contributed by atoms with Gasteiger partial charge < -0.3 is 15.8 Å². The highest BCUT2D eigenvalue weighted by Crippen LogP contribution is 2.29. The van der Waals surface area contributed by atoms with Crippen molar-refractivity contribution in [1.29, 1.82) is 0 Å². The lowest BCUT2D eigenvalue weighted by atomic mass is 10.1. The first kappa shape index (κ1) is 14.8. The third-order valence-electron chi connectivity index (χ3n) is 3.15. The monoisotopic (exact) mass is 343 g/mol. The number of nitrogens with zero attached hydrogens (tertiary/aromatic N) is 2. The van der Waals surface area contributed by atoms with Crippen molar-refractivity contribution in [3.05, 3.63) is 34.1 Å². The Morgan fingerprint density at radius 1 is 1.55 bits per heavy atom. The van der Waals surface area contributed by atoms with E-state index in [-0.39, 0.29) is 29.8 Å². The molecule has 1 aromatic carbocycles. The van der Waals surface area contributed by atoms with Crippen LogP contribution in [-0.2, 0) is 0 Å². The molecule has 0 bridgehead atoms. The molecule has 0 unspecified atom stereocenters. The lowest BCUT2D eigenvalue weighted by Gasteiger charge is -2.22. The smallest absolute Gasteiger partial charge is 0.257 e. The number of hydrogen-bond donors (Lipinski definition) is 2. The van der Waals surface area contributed by atoms with Crippen LogP contribution in [0.3, 0.4) is 0 Å². The summed E-state index contributed by atoms with van der Waals surface area (Å²) in [5.74, 6) is -0.859. The molecule has 0 atom stereocenters. The number of benzene rings is 1. The number of oxime groups is 1. The van der Waals surface area contributed by atoms with Crippen LogP contribution in [0.25, 0.3) is 0 Å². The van der Waals surface area contributed by atoms with Crippen molar-refractivity contribution in [2.24, 2.45) is 10.9 Å². The predicted octanol–water partition coefficient (Wildman–Crippen LogP) is 2.33. The second-order valence-corrected chi connectivity index (χ2v) is 5.61. The van der Waals surface area contributed by atoms with Gasteiger partial charge >= 0.3 is 0 Å². The SMILES string of the molecule is NC(CCN(C(=O)c1ccc(Br)cc1F)C1CC1)=NO. The molecule has 1 aromatic rings. The van der Waals surface area contributed by atoms with Gasteiger partial charge in [0, 0.05) is 23.5 Å². The first-order valence-electron chi connectivity index (χ1n) is 6.25. The fraction of sp³-hybridized carbons (Fsp3) is 0.385. The zero-order valence-electron chi connectivity index (χ0n) is 10.7. The summed E-state index contributed by atoms with van der Waals surface area (Å²) in [4.78, 5) is 14.0. The Bertz CT molecular complexity index is 546. The van der Waals surface area contributed by atoms with Crippen LogP contribution in [0, 0.1) is 5.82 Å². The Hall–Kier alpha value is -1.63. The number of amides is 1. The van der Waals surface area contributed by atoms with E-state index in [0.29, 0.717) is 11.0 Å². The van der Waals surface area contributed by atoms with Gasteiger partial charge in [-0.15, -0.1) is 0 Å². The van der Waals surface area contributed by atoms with Gasteiger partial charge in [-0.25, -0.2) is 4.39 Å². The number of carbonyl (C=O) groups is 1. The molecule has 0 aromatic heterocycles. The van der Waals surface area contributed by atoms with E-state index in [4.69, 9.17) is 10.9 Å². The van der Waals surface area contributed by atoms with Crippen LogP contribution in [-0.4, -0.2) is 34.4 Å². The topological polar surface area (TPSA) is 78.9 Å². The van der Waals surface area contributed by atoms with Crippen molar-refractivity contribution in [1.82, 2.24) is 4.90 Å².